The number of hydrogen-bond acceptors (Lipinski definition) is 5. The summed E-state index contributed by atoms with van der Waals surface area (Å²) in [4.78, 5) is 5.63. The van der Waals surface area contributed by atoms with Gasteiger partial charge in [-0.2, -0.15) is 4.37 Å². The van der Waals surface area contributed by atoms with Crippen molar-refractivity contribution in [2.75, 3.05) is 6.54 Å². The van der Waals surface area contributed by atoms with E-state index < -0.39 is 0 Å². The SMILES string of the molecule is CCNCc1ccc(Sc2nc(C)ns2)c(C)c1. The topological polar surface area (TPSA) is 37.8 Å². The monoisotopic (exact) mass is 279 g/mol. The van der Waals surface area contributed by atoms with Gasteiger partial charge in [0.2, 0.25) is 0 Å². The Morgan fingerprint density at radius 3 is 2.78 bits per heavy atom. The Morgan fingerprint density at radius 1 is 1.33 bits per heavy atom. The van der Waals surface area contributed by atoms with Gasteiger partial charge >= 0.3 is 0 Å². The van der Waals surface area contributed by atoms with E-state index in [1.54, 1.807) is 11.8 Å². The standard InChI is InChI=1S/C13H17N3S2/c1-4-14-8-11-5-6-12(9(2)7-11)17-13-15-10(3)16-18-13/h5-7,14H,4,8H2,1-3H3. The fourth-order valence-corrected chi connectivity index (χ4v) is 3.29. The van der Waals surface area contributed by atoms with E-state index in [-0.39, 0.29) is 0 Å². The molecule has 0 atom stereocenters. The summed E-state index contributed by atoms with van der Waals surface area (Å²) in [6, 6.07) is 6.58. The van der Waals surface area contributed by atoms with Crippen molar-refractivity contribution in [1.82, 2.24) is 14.7 Å². The highest BCUT2D eigenvalue weighted by Gasteiger charge is 2.06. The van der Waals surface area contributed by atoms with Crippen molar-refractivity contribution in [1.29, 1.82) is 0 Å². The number of benzene rings is 1. The summed E-state index contributed by atoms with van der Waals surface area (Å²) in [7, 11) is 0. The molecule has 0 saturated heterocycles. The largest absolute Gasteiger partial charge is 0.313 e. The third-order valence-electron chi connectivity index (χ3n) is 2.52. The lowest BCUT2D eigenvalue weighted by Gasteiger charge is -2.07. The Morgan fingerprint density at radius 2 is 2.17 bits per heavy atom. The van der Waals surface area contributed by atoms with Crippen LogP contribution in [0.25, 0.3) is 0 Å². The van der Waals surface area contributed by atoms with Gasteiger partial charge in [-0.1, -0.05) is 30.8 Å². The van der Waals surface area contributed by atoms with Crippen molar-refractivity contribution in [3.63, 3.8) is 0 Å². The van der Waals surface area contributed by atoms with E-state index in [1.807, 2.05) is 6.92 Å². The smallest absolute Gasteiger partial charge is 0.174 e. The highest BCUT2D eigenvalue weighted by Crippen LogP contribution is 2.31. The van der Waals surface area contributed by atoms with Crippen molar-refractivity contribution in [3.05, 3.63) is 35.2 Å². The first-order chi connectivity index (χ1) is 8.69. The lowest BCUT2D eigenvalue weighted by molar-refractivity contribution is 0.726. The molecule has 1 aromatic carbocycles. The van der Waals surface area contributed by atoms with Gasteiger partial charge in [0.05, 0.1) is 0 Å². The first-order valence-corrected chi connectivity index (χ1v) is 7.56. The van der Waals surface area contributed by atoms with E-state index in [0.29, 0.717) is 0 Å². The number of nitrogens with one attached hydrogen (secondary N) is 1. The zero-order valence-electron chi connectivity index (χ0n) is 10.9. The summed E-state index contributed by atoms with van der Waals surface area (Å²) in [5.74, 6) is 0.851. The quantitative estimate of drug-likeness (QED) is 0.910. The molecule has 2 rings (SSSR count). The number of aromatic nitrogens is 2. The summed E-state index contributed by atoms with van der Waals surface area (Å²) in [6.45, 7) is 8.12. The van der Waals surface area contributed by atoms with Gasteiger partial charge in [0.25, 0.3) is 0 Å². The van der Waals surface area contributed by atoms with E-state index in [1.165, 1.54) is 27.6 Å². The molecule has 0 unspecified atom stereocenters. The van der Waals surface area contributed by atoms with Gasteiger partial charge in [-0.3, -0.25) is 0 Å². The summed E-state index contributed by atoms with van der Waals surface area (Å²) in [6.07, 6.45) is 0. The fourth-order valence-electron chi connectivity index (χ4n) is 1.62. The van der Waals surface area contributed by atoms with Gasteiger partial charge in [0.15, 0.2) is 4.34 Å². The summed E-state index contributed by atoms with van der Waals surface area (Å²) >= 11 is 3.15. The molecule has 1 aromatic heterocycles. The summed E-state index contributed by atoms with van der Waals surface area (Å²) in [5.41, 5.74) is 2.62. The predicted octanol–water partition coefficient (Wildman–Crippen LogP) is 3.42. The molecule has 0 amide bonds. The third-order valence-corrected chi connectivity index (χ3v) is 4.55. The Labute approximate surface area is 116 Å². The second-order valence-electron chi connectivity index (χ2n) is 4.09. The number of rotatable bonds is 5. The molecule has 1 N–H and O–H groups in total. The van der Waals surface area contributed by atoms with Gasteiger partial charge < -0.3 is 5.32 Å². The minimum absolute atomic E-state index is 0.851. The molecule has 96 valence electrons. The Kier molecular flexibility index (Phi) is 4.74. The van der Waals surface area contributed by atoms with Crippen molar-refractivity contribution in [3.8, 4) is 0 Å². The second kappa shape index (κ2) is 6.31. The molecule has 0 spiro atoms. The Bertz CT molecular complexity index is 523. The Balaban J connectivity index is 2.09. The van der Waals surface area contributed by atoms with Gasteiger partial charge in [0.1, 0.15) is 5.82 Å². The molecule has 0 fully saturated rings. The molecular weight excluding hydrogens is 262 g/mol. The molecule has 0 saturated carbocycles. The molecule has 5 heteroatoms. The van der Waals surface area contributed by atoms with Crippen molar-refractivity contribution in [2.45, 2.75) is 36.6 Å². The zero-order chi connectivity index (χ0) is 13.0. The summed E-state index contributed by atoms with van der Waals surface area (Å²) in [5, 5.41) is 3.34. The number of aryl methyl sites for hydroxylation is 2. The van der Waals surface area contributed by atoms with Crippen molar-refractivity contribution in [2.24, 2.45) is 0 Å². The van der Waals surface area contributed by atoms with Gasteiger partial charge in [-0.05, 0) is 49.1 Å². The molecule has 0 aliphatic rings. The highest BCUT2D eigenvalue weighted by atomic mass is 32.2. The zero-order valence-corrected chi connectivity index (χ0v) is 12.5. The van der Waals surface area contributed by atoms with E-state index in [0.717, 1.165) is 23.3 Å². The van der Waals surface area contributed by atoms with Crippen LogP contribution in [0, 0.1) is 13.8 Å². The van der Waals surface area contributed by atoms with E-state index >= 15 is 0 Å². The molecule has 0 radical (unpaired) electrons. The van der Waals surface area contributed by atoms with Crippen LogP contribution in [-0.2, 0) is 6.54 Å². The Hall–Kier alpha value is -0.910. The second-order valence-corrected chi connectivity index (χ2v) is 6.13. The average Bonchev–Trinajstić information content (AvgIpc) is 2.75. The minimum Gasteiger partial charge on any atom is -0.313 e. The lowest BCUT2D eigenvalue weighted by Crippen LogP contribution is -2.11. The third kappa shape index (κ3) is 3.54. The van der Waals surface area contributed by atoms with Gasteiger partial charge in [-0.25, -0.2) is 4.98 Å². The molecular formula is C13H17N3S2. The number of hydrogen-bond donors (Lipinski definition) is 1. The molecule has 3 nitrogen and oxygen atoms in total. The van der Waals surface area contributed by atoms with Crippen molar-refractivity contribution >= 4 is 23.3 Å². The predicted molar refractivity (Wildman–Crippen MR) is 77.3 cm³/mol. The van der Waals surface area contributed by atoms with Crippen LogP contribution in [0.15, 0.2) is 27.4 Å². The highest BCUT2D eigenvalue weighted by molar-refractivity contribution is 8.01. The van der Waals surface area contributed by atoms with Crippen LogP contribution in [0.2, 0.25) is 0 Å². The van der Waals surface area contributed by atoms with Crippen molar-refractivity contribution < 1.29 is 0 Å². The average molecular weight is 279 g/mol. The minimum atomic E-state index is 0.851. The van der Waals surface area contributed by atoms with Crippen LogP contribution >= 0.6 is 23.3 Å². The molecule has 18 heavy (non-hydrogen) atoms. The fraction of sp³-hybridized carbons (Fsp3) is 0.385. The lowest BCUT2D eigenvalue weighted by atomic mass is 10.1. The van der Waals surface area contributed by atoms with E-state index in [2.05, 4.69) is 46.7 Å². The first kappa shape index (κ1) is 13.5. The van der Waals surface area contributed by atoms with E-state index in [9.17, 15) is 0 Å². The molecule has 0 aliphatic carbocycles. The van der Waals surface area contributed by atoms with Crippen LogP contribution in [0.1, 0.15) is 23.9 Å². The van der Waals surface area contributed by atoms with Crippen LogP contribution in [0.5, 0.6) is 0 Å². The molecule has 1 heterocycles. The van der Waals surface area contributed by atoms with Crippen LogP contribution < -0.4 is 5.32 Å². The van der Waals surface area contributed by atoms with Crippen LogP contribution in [0.3, 0.4) is 0 Å². The van der Waals surface area contributed by atoms with E-state index in [4.69, 9.17) is 0 Å². The maximum Gasteiger partial charge on any atom is 0.174 e. The molecule has 0 aliphatic heterocycles. The normalized spacial score (nSPS) is 10.8. The number of nitrogens with zero attached hydrogens (tertiary/aromatic N) is 2. The van der Waals surface area contributed by atoms with Gasteiger partial charge in [0, 0.05) is 11.4 Å². The maximum atomic E-state index is 4.38. The van der Waals surface area contributed by atoms with Gasteiger partial charge in [-0.15, -0.1) is 0 Å². The van der Waals surface area contributed by atoms with Crippen LogP contribution in [0.4, 0.5) is 0 Å². The van der Waals surface area contributed by atoms with Crippen LogP contribution in [-0.4, -0.2) is 15.9 Å². The summed E-state index contributed by atoms with van der Waals surface area (Å²) < 4.78 is 5.21. The molecule has 0 bridgehead atoms. The first-order valence-electron chi connectivity index (χ1n) is 5.97. The molecule has 2 aromatic rings. The maximum absolute atomic E-state index is 4.38.